The van der Waals surface area contributed by atoms with Crippen LogP contribution < -0.4 is 4.90 Å². The summed E-state index contributed by atoms with van der Waals surface area (Å²) < 4.78 is 5.05. The first-order valence-electron chi connectivity index (χ1n) is 8.68. The number of ether oxygens (including phenoxy) is 1. The summed E-state index contributed by atoms with van der Waals surface area (Å²) in [6.07, 6.45) is 0.588. The maximum Gasteiger partial charge on any atom is 0.278 e. The molecule has 0 radical (unpaired) electrons. The Morgan fingerprint density at radius 3 is 2.30 bits per heavy atom. The van der Waals surface area contributed by atoms with E-state index in [0.717, 1.165) is 5.69 Å². The van der Waals surface area contributed by atoms with Gasteiger partial charge in [-0.3, -0.25) is 14.5 Å². The van der Waals surface area contributed by atoms with Crippen LogP contribution in [0.3, 0.4) is 0 Å². The smallest absolute Gasteiger partial charge is 0.278 e. The van der Waals surface area contributed by atoms with Gasteiger partial charge in [0.05, 0.1) is 5.57 Å². The van der Waals surface area contributed by atoms with E-state index in [1.54, 1.807) is 43.3 Å². The van der Waals surface area contributed by atoms with Gasteiger partial charge in [-0.15, -0.1) is 0 Å². The van der Waals surface area contributed by atoms with Gasteiger partial charge >= 0.3 is 0 Å². The van der Waals surface area contributed by atoms with Crippen molar-refractivity contribution < 1.29 is 14.3 Å². The van der Waals surface area contributed by atoms with Gasteiger partial charge < -0.3 is 9.64 Å². The topological polar surface area (TPSA) is 49.9 Å². The number of nitrogens with zero attached hydrogens (tertiary/aromatic N) is 2. The van der Waals surface area contributed by atoms with Crippen molar-refractivity contribution in [1.29, 1.82) is 0 Å². The molecule has 0 saturated carbocycles. The van der Waals surface area contributed by atoms with Crippen molar-refractivity contribution in [1.82, 2.24) is 4.90 Å². The van der Waals surface area contributed by atoms with Crippen LogP contribution in [0.1, 0.15) is 12.0 Å². The van der Waals surface area contributed by atoms with Crippen LogP contribution in [0.25, 0.3) is 5.57 Å². The molecule has 6 heteroatoms. The van der Waals surface area contributed by atoms with E-state index in [1.165, 1.54) is 4.90 Å². The molecule has 0 N–H and O–H groups in total. The van der Waals surface area contributed by atoms with Crippen LogP contribution in [-0.4, -0.2) is 44.0 Å². The molecule has 0 bridgehead atoms. The lowest BCUT2D eigenvalue weighted by Gasteiger charge is -2.21. The Balaban J connectivity index is 2.04. The van der Waals surface area contributed by atoms with Gasteiger partial charge in [0, 0.05) is 38.0 Å². The van der Waals surface area contributed by atoms with E-state index in [1.807, 2.05) is 30.3 Å². The lowest BCUT2D eigenvalue weighted by Crippen LogP contribution is -2.35. The van der Waals surface area contributed by atoms with Crippen molar-refractivity contribution in [3.8, 4) is 0 Å². The molecule has 0 saturated heterocycles. The zero-order valence-electron chi connectivity index (χ0n) is 15.3. The molecule has 2 aromatic carbocycles. The summed E-state index contributed by atoms with van der Waals surface area (Å²) in [4.78, 5) is 29.3. The minimum Gasteiger partial charge on any atom is -0.385 e. The minimum absolute atomic E-state index is 0.295. The summed E-state index contributed by atoms with van der Waals surface area (Å²) in [6, 6.07) is 16.5. The molecule has 5 nitrogen and oxygen atoms in total. The molecule has 1 heterocycles. The van der Waals surface area contributed by atoms with E-state index in [0.29, 0.717) is 41.4 Å². The number of hydrogen-bond donors (Lipinski definition) is 0. The van der Waals surface area contributed by atoms with E-state index >= 15 is 0 Å². The second-order valence-corrected chi connectivity index (χ2v) is 6.67. The molecule has 2 amide bonds. The Kier molecular flexibility index (Phi) is 5.94. The number of carbonyl (C=O) groups is 2. The van der Waals surface area contributed by atoms with Gasteiger partial charge in [0.25, 0.3) is 11.8 Å². The number of amides is 2. The van der Waals surface area contributed by atoms with Crippen LogP contribution in [0.4, 0.5) is 5.69 Å². The molecule has 0 spiro atoms. The first-order chi connectivity index (χ1) is 13.0. The fraction of sp³-hybridized carbons (Fsp3) is 0.238. The van der Waals surface area contributed by atoms with Crippen molar-refractivity contribution >= 4 is 34.7 Å². The summed E-state index contributed by atoms with van der Waals surface area (Å²) in [5, 5.41) is 0.575. The molecule has 0 unspecified atom stereocenters. The van der Waals surface area contributed by atoms with E-state index in [9.17, 15) is 9.59 Å². The third kappa shape index (κ3) is 3.89. The average Bonchev–Trinajstić information content (AvgIpc) is 2.93. The van der Waals surface area contributed by atoms with E-state index in [2.05, 4.69) is 0 Å². The summed E-state index contributed by atoms with van der Waals surface area (Å²) in [5.74, 6) is -0.594. The highest BCUT2D eigenvalue weighted by molar-refractivity contribution is 6.37. The van der Waals surface area contributed by atoms with Crippen molar-refractivity contribution in [2.75, 3.05) is 32.2 Å². The number of rotatable bonds is 7. The largest absolute Gasteiger partial charge is 0.385 e. The van der Waals surface area contributed by atoms with Crippen molar-refractivity contribution in [2.45, 2.75) is 6.42 Å². The normalized spacial score (nSPS) is 14.3. The van der Waals surface area contributed by atoms with E-state index < -0.39 is 0 Å². The van der Waals surface area contributed by atoms with E-state index in [4.69, 9.17) is 16.3 Å². The molecule has 3 rings (SSSR count). The monoisotopic (exact) mass is 384 g/mol. The lowest BCUT2D eigenvalue weighted by molar-refractivity contribution is -0.137. The minimum atomic E-state index is -0.299. The molecule has 27 heavy (non-hydrogen) atoms. The SMILES string of the molecule is COCCCN1C(=O)C(c2ccc(Cl)cc2)=C(N(C)c2ccccc2)C1=O. The zero-order chi connectivity index (χ0) is 19.4. The van der Waals surface area contributed by atoms with Gasteiger partial charge in [-0.2, -0.15) is 0 Å². The summed E-state index contributed by atoms with van der Waals surface area (Å²) >= 11 is 5.99. The first-order valence-corrected chi connectivity index (χ1v) is 9.06. The van der Waals surface area contributed by atoms with Crippen molar-refractivity contribution in [3.63, 3.8) is 0 Å². The van der Waals surface area contributed by atoms with Gasteiger partial charge in [0.2, 0.25) is 0 Å². The number of para-hydroxylation sites is 1. The van der Waals surface area contributed by atoms with Crippen LogP contribution in [0.2, 0.25) is 5.02 Å². The number of likely N-dealkylation sites (N-methyl/N-ethyl adjacent to an activating group) is 1. The maximum atomic E-state index is 13.1. The Labute approximate surface area is 163 Å². The van der Waals surface area contributed by atoms with Crippen LogP contribution >= 0.6 is 11.6 Å². The van der Waals surface area contributed by atoms with Gasteiger partial charge in [0.15, 0.2) is 0 Å². The second-order valence-electron chi connectivity index (χ2n) is 6.23. The molecule has 0 fully saturated rings. The predicted octanol–water partition coefficient (Wildman–Crippen LogP) is 3.59. The van der Waals surface area contributed by atoms with Crippen molar-refractivity contribution in [3.05, 3.63) is 70.9 Å². The van der Waals surface area contributed by atoms with Crippen molar-refractivity contribution in [2.24, 2.45) is 0 Å². The van der Waals surface area contributed by atoms with Gasteiger partial charge in [-0.25, -0.2) is 0 Å². The van der Waals surface area contributed by atoms with Crippen LogP contribution in [-0.2, 0) is 14.3 Å². The second kappa shape index (κ2) is 8.37. The standard InChI is InChI=1S/C21H21ClN2O3/c1-23(17-7-4-3-5-8-17)19-18(15-9-11-16(22)12-10-15)20(25)24(21(19)26)13-6-14-27-2/h3-5,7-12H,6,13-14H2,1-2H3. The van der Waals surface area contributed by atoms with Crippen LogP contribution in [0.5, 0.6) is 0 Å². The highest BCUT2D eigenvalue weighted by Gasteiger charge is 2.40. The summed E-state index contributed by atoms with van der Waals surface area (Å²) in [5.41, 5.74) is 2.26. The third-order valence-electron chi connectivity index (χ3n) is 4.49. The number of hydrogen-bond acceptors (Lipinski definition) is 4. The quantitative estimate of drug-likeness (QED) is 0.540. The highest BCUT2D eigenvalue weighted by atomic mass is 35.5. The molecule has 1 aliphatic heterocycles. The third-order valence-corrected chi connectivity index (χ3v) is 4.74. The molecular formula is C21H21ClN2O3. The predicted molar refractivity (Wildman–Crippen MR) is 106 cm³/mol. The van der Waals surface area contributed by atoms with Gasteiger partial charge in [0.1, 0.15) is 5.70 Å². The first kappa shape index (κ1) is 19.1. The molecular weight excluding hydrogens is 364 g/mol. The number of imide groups is 1. The number of anilines is 1. The maximum absolute atomic E-state index is 13.1. The average molecular weight is 385 g/mol. The molecule has 0 aliphatic carbocycles. The van der Waals surface area contributed by atoms with Crippen LogP contribution in [0.15, 0.2) is 60.3 Å². The number of benzene rings is 2. The molecule has 0 atom stereocenters. The fourth-order valence-electron chi connectivity index (χ4n) is 3.10. The van der Waals surface area contributed by atoms with E-state index in [-0.39, 0.29) is 11.8 Å². The zero-order valence-corrected chi connectivity index (χ0v) is 16.1. The molecule has 140 valence electrons. The Morgan fingerprint density at radius 2 is 1.67 bits per heavy atom. The Hall–Kier alpha value is -2.63. The number of halogens is 1. The molecule has 1 aliphatic rings. The summed E-state index contributed by atoms with van der Waals surface area (Å²) in [7, 11) is 3.39. The lowest BCUT2D eigenvalue weighted by atomic mass is 10.0. The Morgan fingerprint density at radius 1 is 1.00 bits per heavy atom. The fourth-order valence-corrected chi connectivity index (χ4v) is 3.23. The molecule has 0 aromatic heterocycles. The molecule has 2 aromatic rings. The highest BCUT2D eigenvalue weighted by Crippen LogP contribution is 2.33. The van der Waals surface area contributed by atoms with Gasteiger partial charge in [-0.05, 0) is 36.2 Å². The number of carbonyl (C=O) groups excluding carboxylic acids is 2. The number of methoxy groups -OCH3 is 1. The Bertz CT molecular complexity index is 863. The summed E-state index contributed by atoms with van der Waals surface area (Å²) in [6.45, 7) is 0.798. The van der Waals surface area contributed by atoms with Gasteiger partial charge in [-0.1, -0.05) is 41.9 Å². The van der Waals surface area contributed by atoms with Crippen LogP contribution in [0, 0.1) is 0 Å².